The summed E-state index contributed by atoms with van der Waals surface area (Å²) in [5.41, 5.74) is 0.688. The molecule has 2 atom stereocenters. The molecule has 1 aliphatic rings. The molecule has 0 amide bonds. The van der Waals surface area contributed by atoms with Crippen LogP contribution >= 0.6 is 23.2 Å². The highest BCUT2D eigenvalue weighted by Crippen LogP contribution is 2.27. The monoisotopic (exact) mass is 327 g/mol. The van der Waals surface area contributed by atoms with Crippen LogP contribution < -0.4 is 5.32 Å². The average molecular weight is 328 g/mol. The zero-order chi connectivity index (χ0) is 14.8. The first kappa shape index (κ1) is 14.6. The minimum Gasteiger partial charge on any atom is -0.391 e. The van der Waals surface area contributed by atoms with E-state index in [-0.39, 0.29) is 12.1 Å². The van der Waals surface area contributed by atoms with Crippen LogP contribution in [-0.2, 0) is 0 Å². The zero-order valence-electron chi connectivity index (χ0n) is 11.2. The van der Waals surface area contributed by atoms with Crippen LogP contribution in [0.2, 0.25) is 10.0 Å². The van der Waals surface area contributed by atoms with Crippen molar-refractivity contribution in [3.63, 3.8) is 0 Å². The van der Waals surface area contributed by atoms with Crippen LogP contribution in [0.25, 0.3) is 11.4 Å². The normalized spacial score (nSPS) is 22.2. The fraction of sp³-hybridized carbons (Fsp3) is 0.429. The van der Waals surface area contributed by atoms with Gasteiger partial charge in [-0.1, -0.05) is 41.2 Å². The molecule has 0 spiro atoms. The van der Waals surface area contributed by atoms with Crippen LogP contribution in [0.5, 0.6) is 0 Å². The third-order valence-electron chi connectivity index (χ3n) is 3.59. The van der Waals surface area contributed by atoms with Crippen LogP contribution in [-0.4, -0.2) is 27.4 Å². The van der Waals surface area contributed by atoms with Gasteiger partial charge in [-0.05, 0) is 31.0 Å². The van der Waals surface area contributed by atoms with E-state index in [4.69, 9.17) is 27.7 Å². The number of halogens is 2. The van der Waals surface area contributed by atoms with Crippen LogP contribution in [0, 0.1) is 0 Å². The van der Waals surface area contributed by atoms with Crippen molar-refractivity contribution in [3.05, 3.63) is 28.2 Å². The summed E-state index contributed by atoms with van der Waals surface area (Å²) in [6.45, 7) is 0. The van der Waals surface area contributed by atoms with Crippen molar-refractivity contribution in [2.24, 2.45) is 0 Å². The Morgan fingerprint density at radius 2 is 1.86 bits per heavy atom. The molecule has 2 aromatic rings. The lowest BCUT2D eigenvalue weighted by molar-refractivity contribution is 0.115. The molecule has 1 heterocycles. The Morgan fingerprint density at radius 3 is 2.57 bits per heavy atom. The molecule has 1 fully saturated rings. The van der Waals surface area contributed by atoms with Crippen LogP contribution in [0.3, 0.4) is 0 Å². The van der Waals surface area contributed by atoms with E-state index < -0.39 is 0 Å². The molecule has 2 N–H and O–H groups in total. The molecular formula is C14H15Cl2N3O2. The van der Waals surface area contributed by atoms with Crippen molar-refractivity contribution in [1.82, 2.24) is 10.1 Å². The lowest BCUT2D eigenvalue weighted by atomic mass is 9.93. The minimum absolute atomic E-state index is 0.0463. The molecule has 5 nitrogen and oxygen atoms in total. The van der Waals surface area contributed by atoms with Gasteiger partial charge in [-0.25, -0.2) is 0 Å². The van der Waals surface area contributed by atoms with E-state index in [9.17, 15) is 5.11 Å². The van der Waals surface area contributed by atoms with Gasteiger partial charge in [-0.3, -0.25) is 0 Å². The van der Waals surface area contributed by atoms with E-state index in [1.807, 2.05) is 0 Å². The van der Waals surface area contributed by atoms with Gasteiger partial charge in [0.15, 0.2) is 0 Å². The Labute approximate surface area is 132 Å². The molecule has 0 aliphatic heterocycles. The van der Waals surface area contributed by atoms with E-state index in [0.29, 0.717) is 27.4 Å². The van der Waals surface area contributed by atoms with Gasteiger partial charge in [0.1, 0.15) is 0 Å². The molecule has 1 aliphatic carbocycles. The van der Waals surface area contributed by atoms with Crippen molar-refractivity contribution in [2.75, 3.05) is 5.32 Å². The summed E-state index contributed by atoms with van der Waals surface area (Å²) < 4.78 is 5.18. The number of nitrogens with zero attached hydrogens (tertiary/aromatic N) is 2. The molecule has 7 heteroatoms. The van der Waals surface area contributed by atoms with Crippen LogP contribution in [0.1, 0.15) is 25.7 Å². The molecule has 0 radical (unpaired) electrons. The van der Waals surface area contributed by atoms with E-state index in [0.717, 1.165) is 25.7 Å². The summed E-state index contributed by atoms with van der Waals surface area (Å²) in [7, 11) is 0. The second-order valence-electron chi connectivity index (χ2n) is 5.18. The molecule has 21 heavy (non-hydrogen) atoms. The Bertz CT molecular complexity index is 612. The minimum atomic E-state index is -0.380. The Balaban J connectivity index is 1.76. The first-order valence-electron chi connectivity index (χ1n) is 6.86. The van der Waals surface area contributed by atoms with Crippen molar-refractivity contribution in [1.29, 1.82) is 0 Å². The van der Waals surface area contributed by atoms with Crippen molar-refractivity contribution < 1.29 is 9.63 Å². The van der Waals surface area contributed by atoms with Gasteiger partial charge >= 0.3 is 6.01 Å². The number of aromatic nitrogens is 2. The number of anilines is 1. The third kappa shape index (κ3) is 3.48. The fourth-order valence-electron chi connectivity index (χ4n) is 2.52. The average Bonchev–Trinajstić information content (AvgIpc) is 2.89. The number of benzene rings is 1. The van der Waals surface area contributed by atoms with E-state index >= 15 is 0 Å². The largest absolute Gasteiger partial charge is 0.391 e. The summed E-state index contributed by atoms with van der Waals surface area (Å²) in [6.07, 6.45) is 3.44. The topological polar surface area (TPSA) is 71.2 Å². The standard InChI is InChI=1S/C14H15Cl2N3O2/c15-9-5-8(6-10(16)7-9)13-18-14(21-19-13)17-11-3-1-2-4-12(11)20/h5-7,11-12,20H,1-4H2,(H,17,18,19)/t11-,12-/m0/s1. The first-order chi connectivity index (χ1) is 10.1. The lowest BCUT2D eigenvalue weighted by Gasteiger charge is -2.27. The van der Waals surface area contributed by atoms with E-state index in [1.54, 1.807) is 18.2 Å². The van der Waals surface area contributed by atoms with E-state index in [2.05, 4.69) is 15.5 Å². The highest BCUT2D eigenvalue weighted by Gasteiger charge is 2.24. The highest BCUT2D eigenvalue weighted by molar-refractivity contribution is 6.35. The van der Waals surface area contributed by atoms with Gasteiger partial charge < -0.3 is 14.9 Å². The molecule has 0 bridgehead atoms. The SMILES string of the molecule is O[C@H]1CCCC[C@@H]1Nc1nc(-c2cc(Cl)cc(Cl)c2)no1. The van der Waals surface area contributed by atoms with Crippen LogP contribution in [0.4, 0.5) is 6.01 Å². The molecule has 0 unspecified atom stereocenters. The predicted molar refractivity (Wildman–Crippen MR) is 81.6 cm³/mol. The maximum Gasteiger partial charge on any atom is 0.322 e. The summed E-state index contributed by atoms with van der Waals surface area (Å²) in [4.78, 5) is 4.27. The summed E-state index contributed by atoms with van der Waals surface area (Å²) >= 11 is 11.9. The van der Waals surface area contributed by atoms with Crippen molar-refractivity contribution in [3.8, 4) is 11.4 Å². The number of aliphatic hydroxyl groups is 1. The fourth-order valence-corrected chi connectivity index (χ4v) is 3.05. The van der Waals surface area contributed by atoms with Gasteiger partial charge in [0.05, 0.1) is 12.1 Å². The molecule has 3 rings (SSSR count). The Morgan fingerprint density at radius 1 is 1.14 bits per heavy atom. The smallest absolute Gasteiger partial charge is 0.322 e. The molecule has 112 valence electrons. The number of rotatable bonds is 3. The second kappa shape index (κ2) is 6.22. The second-order valence-corrected chi connectivity index (χ2v) is 6.06. The highest BCUT2D eigenvalue weighted by atomic mass is 35.5. The molecule has 1 saturated carbocycles. The third-order valence-corrected chi connectivity index (χ3v) is 4.02. The number of hydrogen-bond acceptors (Lipinski definition) is 5. The quantitative estimate of drug-likeness (QED) is 0.898. The van der Waals surface area contributed by atoms with E-state index in [1.165, 1.54) is 0 Å². The summed E-state index contributed by atoms with van der Waals surface area (Å²) in [5, 5.41) is 18.0. The molecular weight excluding hydrogens is 313 g/mol. The Kier molecular flexibility index (Phi) is 4.33. The lowest BCUT2D eigenvalue weighted by Crippen LogP contribution is -2.36. The number of hydrogen-bond donors (Lipinski definition) is 2. The molecule has 1 aromatic carbocycles. The zero-order valence-corrected chi connectivity index (χ0v) is 12.7. The predicted octanol–water partition coefficient (Wildman–Crippen LogP) is 3.76. The number of aliphatic hydroxyl groups excluding tert-OH is 1. The van der Waals surface area contributed by atoms with Crippen LogP contribution in [0.15, 0.2) is 22.7 Å². The van der Waals surface area contributed by atoms with Gasteiger partial charge in [-0.15, -0.1) is 0 Å². The van der Waals surface area contributed by atoms with Gasteiger partial charge in [-0.2, -0.15) is 4.98 Å². The van der Waals surface area contributed by atoms with Crippen molar-refractivity contribution >= 4 is 29.2 Å². The summed E-state index contributed by atoms with van der Waals surface area (Å²) in [6, 6.07) is 5.33. The van der Waals surface area contributed by atoms with Crippen molar-refractivity contribution in [2.45, 2.75) is 37.8 Å². The van der Waals surface area contributed by atoms with Gasteiger partial charge in [0, 0.05) is 15.6 Å². The van der Waals surface area contributed by atoms with Gasteiger partial charge in [0.25, 0.3) is 0 Å². The maximum absolute atomic E-state index is 9.94. The molecule has 1 aromatic heterocycles. The van der Waals surface area contributed by atoms with Gasteiger partial charge in [0.2, 0.25) is 5.82 Å². The molecule has 0 saturated heterocycles. The first-order valence-corrected chi connectivity index (χ1v) is 7.62. The summed E-state index contributed by atoms with van der Waals surface area (Å²) in [5.74, 6) is 0.409. The number of nitrogens with one attached hydrogen (secondary N) is 1. The maximum atomic E-state index is 9.94. The Hall–Kier alpha value is -1.30.